The fraction of sp³-hybridized carbons (Fsp3) is 0.286. The van der Waals surface area contributed by atoms with E-state index >= 15 is 0 Å². The average Bonchev–Trinajstić information content (AvgIpc) is 3.45. The van der Waals surface area contributed by atoms with Gasteiger partial charge in [-0.05, 0) is 38.1 Å². The number of nitrogens with two attached hydrogens (primary N) is 1. The lowest BCUT2D eigenvalue weighted by atomic mass is 9.81. The number of hydrogen-bond donors (Lipinski definition) is 3. The van der Waals surface area contributed by atoms with Crippen LogP contribution in [0.2, 0.25) is 0 Å². The van der Waals surface area contributed by atoms with E-state index in [-0.39, 0.29) is 29.2 Å². The highest BCUT2D eigenvalue weighted by Crippen LogP contribution is 2.47. The van der Waals surface area contributed by atoms with Gasteiger partial charge in [0.05, 0.1) is 17.8 Å². The Labute approximate surface area is 226 Å². The number of fused-ring (bicyclic) bond motifs is 2. The number of carbonyl (C=O) groups excluding carboxylic acids is 2. The first-order chi connectivity index (χ1) is 18.7. The smallest absolute Gasteiger partial charge is 0.424 e. The molecule has 0 aliphatic carbocycles. The molecule has 3 heterocycles. The van der Waals surface area contributed by atoms with Crippen LogP contribution in [-0.4, -0.2) is 51.0 Å². The van der Waals surface area contributed by atoms with Gasteiger partial charge in [0, 0.05) is 35.3 Å². The SMILES string of the molecule is Cc1ccc(-c2nc([C@@](O)(CNC(=O)c3ccc4nn(C)cc4c3)C(F)(F)F)cc3c2OC[C@]3(C)C(N)=O)cc1. The Bertz CT molecular complexity index is 1650. The van der Waals surface area contributed by atoms with Crippen LogP contribution in [0.1, 0.15) is 34.1 Å². The van der Waals surface area contributed by atoms with E-state index in [0.717, 1.165) is 11.6 Å². The summed E-state index contributed by atoms with van der Waals surface area (Å²) in [4.78, 5) is 29.5. The molecule has 5 rings (SSSR count). The van der Waals surface area contributed by atoms with Gasteiger partial charge in [0.1, 0.15) is 23.5 Å². The average molecular weight is 554 g/mol. The first kappa shape index (κ1) is 27.1. The van der Waals surface area contributed by atoms with Gasteiger partial charge in [-0.3, -0.25) is 14.3 Å². The van der Waals surface area contributed by atoms with Gasteiger partial charge in [0.15, 0.2) is 0 Å². The number of halogens is 3. The highest BCUT2D eigenvalue weighted by Gasteiger charge is 2.57. The van der Waals surface area contributed by atoms with E-state index in [1.165, 1.54) is 19.1 Å². The lowest BCUT2D eigenvalue weighted by molar-refractivity contribution is -0.265. The fourth-order valence-electron chi connectivity index (χ4n) is 4.64. The second-order valence-electron chi connectivity index (χ2n) is 10.2. The van der Waals surface area contributed by atoms with Crippen molar-refractivity contribution in [2.24, 2.45) is 12.8 Å². The number of nitrogens with zero attached hydrogens (tertiary/aromatic N) is 3. The van der Waals surface area contributed by atoms with Crippen molar-refractivity contribution in [3.63, 3.8) is 0 Å². The number of ether oxygens (including phenoxy) is 1. The van der Waals surface area contributed by atoms with E-state index < -0.39 is 41.2 Å². The minimum absolute atomic E-state index is 0.00788. The van der Waals surface area contributed by atoms with Crippen LogP contribution in [-0.2, 0) is 22.9 Å². The number of aryl methyl sites for hydroxylation is 2. The van der Waals surface area contributed by atoms with Crippen molar-refractivity contribution in [2.75, 3.05) is 13.2 Å². The van der Waals surface area contributed by atoms with E-state index in [9.17, 15) is 27.9 Å². The van der Waals surface area contributed by atoms with E-state index in [0.29, 0.717) is 16.5 Å². The molecule has 208 valence electrons. The third-order valence-corrected chi connectivity index (χ3v) is 7.22. The molecule has 9 nitrogen and oxygen atoms in total. The van der Waals surface area contributed by atoms with Crippen molar-refractivity contribution < 1.29 is 32.6 Å². The van der Waals surface area contributed by atoms with Gasteiger partial charge >= 0.3 is 6.18 Å². The van der Waals surface area contributed by atoms with Crippen LogP contribution in [0.15, 0.2) is 54.7 Å². The Morgan fingerprint density at radius 3 is 2.52 bits per heavy atom. The summed E-state index contributed by atoms with van der Waals surface area (Å²) in [6, 6.07) is 12.2. The molecule has 4 aromatic rings. The highest BCUT2D eigenvalue weighted by atomic mass is 19.4. The summed E-state index contributed by atoms with van der Waals surface area (Å²) < 4.78 is 51.0. The number of carbonyl (C=O) groups is 2. The Balaban J connectivity index is 1.58. The molecule has 0 saturated heterocycles. The van der Waals surface area contributed by atoms with E-state index in [2.05, 4.69) is 15.4 Å². The lowest BCUT2D eigenvalue weighted by Crippen LogP contribution is -2.51. The molecule has 0 spiro atoms. The second kappa shape index (κ2) is 9.33. The maximum atomic E-state index is 14.6. The monoisotopic (exact) mass is 553 g/mol. The molecule has 1 aliphatic heterocycles. The number of aliphatic hydroxyl groups is 1. The van der Waals surface area contributed by atoms with E-state index in [4.69, 9.17) is 10.5 Å². The molecule has 4 N–H and O–H groups in total. The molecule has 2 atom stereocenters. The molecular weight excluding hydrogens is 527 g/mol. The molecule has 0 radical (unpaired) electrons. The fourth-order valence-corrected chi connectivity index (χ4v) is 4.64. The standard InChI is InChI=1S/C28H26F3N5O4/c1-15-4-6-16(7-5-15)22-23-19(26(2,14-40-23)25(32)38)11-21(34-22)27(39,28(29,30)31)13-33-24(37)17-8-9-20-18(10-17)12-36(3)35-20/h4-12,39H,13-14H2,1-3H3,(H2,32,38)(H,33,37)/t26-,27-/m0/s1. The molecule has 40 heavy (non-hydrogen) atoms. The first-order valence-electron chi connectivity index (χ1n) is 12.3. The van der Waals surface area contributed by atoms with Gasteiger partial charge in [-0.25, -0.2) is 4.98 Å². The number of amides is 2. The van der Waals surface area contributed by atoms with Crippen LogP contribution < -0.4 is 15.8 Å². The Morgan fingerprint density at radius 2 is 1.88 bits per heavy atom. The van der Waals surface area contributed by atoms with Gasteiger partial charge in [-0.2, -0.15) is 18.3 Å². The van der Waals surface area contributed by atoms with Crippen LogP contribution in [0.3, 0.4) is 0 Å². The Kier molecular flexibility index (Phi) is 6.33. The molecule has 2 amide bonds. The van der Waals surface area contributed by atoms with Crippen molar-refractivity contribution in [3.05, 3.63) is 77.1 Å². The molecule has 0 unspecified atom stereocenters. The molecular formula is C28H26F3N5O4. The topological polar surface area (TPSA) is 132 Å². The summed E-state index contributed by atoms with van der Waals surface area (Å²) in [7, 11) is 1.70. The first-order valence-corrected chi connectivity index (χ1v) is 12.3. The number of pyridine rings is 1. The second-order valence-corrected chi connectivity index (χ2v) is 10.2. The lowest BCUT2D eigenvalue weighted by Gasteiger charge is -2.31. The maximum Gasteiger partial charge on any atom is 0.424 e. The van der Waals surface area contributed by atoms with Crippen molar-refractivity contribution in [2.45, 2.75) is 31.0 Å². The summed E-state index contributed by atoms with van der Waals surface area (Å²) in [6.45, 7) is 1.84. The minimum Gasteiger partial charge on any atom is -0.489 e. The summed E-state index contributed by atoms with van der Waals surface area (Å²) in [5.74, 6) is -1.54. The van der Waals surface area contributed by atoms with Crippen molar-refractivity contribution in [1.29, 1.82) is 0 Å². The van der Waals surface area contributed by atoms with Crippen LogP contribution in [0, 0.1) is 6.92 Å². The predicted molar refractivity (Wildman–Crippen MR) is 139 cm³/mol. The zero-order valence-electron chi connectivity index (χ0n) is 21.8. The molecule has 2 aromatic heterocycles. The summed E-state index contributed by atoms with van der Waals surface area (Å²) in [5, 5.41) is 18.2. The zero-order valence-corrected chi connectivity index (χ0v) is 21.8. The van der Waals surface area contributed by atoms with Gasteiger partial charge in [0.2, 0.25) is 11.5 Å². The van der Waals surface area contributed by atoms with Crippen LogP contribution in [0.25, 0.3) is 22.2 Å². The number of aromatic nitrogens is 3. The minimum atomic E-state index is -5.26. The molecule has 0 bridgehead atoms. The Morgan fingerprint density at radius 1 is 1.18 bits per heavy atom. The van der Waals surface area contributed by atoms with Gasteiger partial charge in [0.25, 0.3) is 5.91 Å². The normalized spacial score (nSPS) is 18.2. The Hall–Kier alpha value is -4.45. The zero-order chi connectivity index (χ0) is 29.0. The van der Waals surface area contributed by atoms with Crippen molar-refractivity contribution in [1.82, 2.24) is 20.1 Å². The number of benzene rings is 2. The van der Waals surface area contributed by atoms with Crippen molar-refractivity contribution >= 4 is 22.7 Å². The summed E-state index contributed by atoms with van der Waals surface area (Å²) in [5.41, 5.74) is 1.80. The third kappa shape index (κ3) is 4.43. The highest BCUT2D eigenvalue weighted by molar-refractivity contribution is 5.98. The van der Waals surface area contributed by atoms with Gasteiger partial charge in [-0.1, -0.05) is 29.8 Å². The number of hydrogen-bond acceptors (Lipinski definition) is 6. The predicted octanol–water partition coefficient (Wildman–Crippen LogP) is 3.26. The van der Waals surface area contributed by atoms with Crippen LogP contribution >= 0.6 is 0 Å². The number of rotatable bonds is 6. The molecule has 2 aromatic carbocycles. The molecule has 0 saturated carbocycles. The molecule has 1 aliphatic rings. The summed E-state index contributed by atoms with van der Waals surface area (Å²) in [6.07, 6.45) is -3.60. The van der Waals surface area contributed by atoms with Gasteiger partial charge in [-0.15, -0.1) is 0 Å². The third-order valence-electron chi connectivity index (χ3n) is 7.22. The maximum absolute atomic E-state index is 14.6. The number of nitrogens with one attached hydrogen (secondary N) is 1. The number of alkyl halides is 3. The molecule has 0 fully saturated rings. The number of primary amides is 1. The summed E-state index contributed by atoms with van der Waals surface area (Å²) >= 11 is 0. The largest absolute Gasteiger partial charge is 0.489 e. The van der Waals surface area contributed by atoms with E-state index in [1.54, 1.807) is 48.3 Å². The van der Waals surface area contributed by atoms with Crippen LogP contribution in [0.4, 0.5) is 13.2 Å². The quantitative estimate of drug-likeness (QED) is 0.336. The van der Waals surface area contributed by atoms with Crippen molar-refractivity contribution in [3.8, 4) is 17.0 Å². The van der Waals surface area contributed by atoms with E-state index in [1.807, 2.05) is 6.92 Å². The van der Waals surface area contributed by atoms with Gasteiger partial charge < -0.3 is 20.9 Å². The molecule has 12 heteroatoms. The van der Waals surface area contributed by atoms with Crippen LogP contribution in [0.5, 0.6) is 5.75 Å².